The van der Waals surface area contributed by atoms with Crippen molar-refractivity contribution >= 4 is 40.7 Å². The number of halogens is 1. The monoisotopic (exact) mass is 442 g/mol. The highest BCUT2D eigenvalue weighted by Crippen LogP contribution is 2.30. The van der Waals surface area contributed by atoms with Gasteiger partial charge in [0.15, 0.2) is 0 Å². The summed E-state index contributed by atoms with van der Waals surface area (Å²) in [6, 6.07) is 22.0. The molecule has 0 radical (unpaired) electrons. The van der Waals surface area contributed by atoms with Crippen molar-refractivity contribution in [3.8, 4) is 11.3 Å². The van der Waals surface area contributed by atoms with Gasteiger partial charge >= 0.3 is 0 Å². The fourth-order valence-corrected chi connectivity index (χ4v) is 3.77. The molecule has 0 aliphatic carbocycles. The van der Waals surface area contributed by atoms with Crippen LogP contribution in [0.5, 0.6) is 0 Å². The molecule has 1 aliphatic heterocycles. The zero-order valence-electron chi connectivity index (χ0n) is 16.5. The molecule has 0 unspecified atom stereocenters. The average molecular weight is 443 g/mol. The molecule has 3 aromatic carbocycles. The van der Waals surface area contributed by atoms with Crippen molar-refractivity contribution in [2.75, 3.05) is 10.2 Å². The fraction of sp³-hybridized carbons (Fsp3) is 0. The molecule has 0 atom stereocenters. The van der Waals surface area contributed by atoms with E-state index < -0.39 is 17.7 Å². The van der Waals surface area contributed by atoms with Crippen LogP contribution in [0.25, 0.3) is 11.3 Å². The Kier molecular flexibility index (Phi) is 4.80. The number of fused-ring (bicyclic) bond motifs is 1. The molecule has 1 aromatic heterocycles. The zero-order chi connectivity index (χ0) is 22.2. The lowest BCUT2D eigenvalue weighted by molar-refractivity contribution is 0.0925. The number of hydrogen-bond donors (Lipinski definition) is 2. The van der Waals surface area contributed by atoms with Crippen LogP contribution >= 0.6 is 11.6 Å². The number of anilines is 2. The Morgan fingerprint density at radius 3 is 2.31 bits per heavy atom. The van der Waals surface area contributed by atoms with Gasteiger partial charge in [-0.15, -0.1) is 0 Å². The molecule has 0 saturated carbocycles. The van der Waals surface area contributed by atoms with Crippen LogP contribution in [0, 0.1) is 0 Å². The van der Waals surface area contributed by atoms with Crippen molar-refractivity contribution in [1.82, 2.24) is 10.2 Å². The third-order valence-electron chi connectivity index (χ3n) is 5.10. The van der Waals surface area contributed by atoms with Crippen LogP contribution in [0.4, 0.5) is 11.4 Å². The number of H-pyrrole nitrogens is 1. The maximum absolute atomic E-state index is 12.7. The Hall–Kier alpha value is -4.23. The molecule has 156 valence electrons. The lowest BCUT2D eigenvalue weighted by Crippen LogP contribution is -2.29. The second-order valence-electron chi connectivity index (χ2n) is 7.17. The van der Waals surface area contributed by atoms with E-state index in [-0.39, 0.29) is 5.69 Å². The van der Waals surface area contributed by atoms with Gasteiger partial charge in [0, 0.05) is 16.3 Å². The maximum Gasteiger partial charge on any atom is 0.273 e. The number of carbonyl (C=O) groups excluding carboxylic acids is 3. The van der Waals surface area contributed by atoms with E-state index >= 15 is 0 Å². The van der Waals surface area contributed by atoms with E-state index in [2.05, 4.69) is 15.5 Å². The van der Waals surface area contributed by atoms with E-state index in [9.17, 15) is 14.4 Å². The molecule has 2 heterocycles. The average Bonchev–Trinajstić information content (AvgIpc) is 3.38. The fourth-order valence-electron chi connectivity index (χ4n) is 3.58. The molecule has 0 saturated heterocycles. The minimum Gasteiger partial charge on any atom is -0.321 e. The summed E-state index contributed by atoms with van der Waals surface area (Å²) in [5.74, 6) is -1.20. The van der Waals surface area contributed by atoms with Crippen LogP contribution in [-0.2, 0) is 0 Å². The molecule has 4 aromatic rings. The number of nitrogens with one attached hydrogen (secondary N) is 2. The number of benzene rings is 3. The van der Waals surface area contributed by atoms with Crippen LogP contribution in [-0.4, -0.2) is 27.9 Å². The largest absolute Gasteiger partial charge is 0.321 e. The number of imide groups is 1. The normalized spacial score (nSPS) is 12.7. The summed E-state index contributed by atoms with van der Waals surface area (Å²) < 4.78 is 0. The van der Waals surface area contributed by atoms with Crippen molar-refractivity contribution in [3.63, 3.8) is 0 Å². The molecule has 0 spiro atoms. The van der Waals surface area contributed by atoms with Crippen molar-refractivity contribution in [2.24, 2.45) is 0 Å². The van der Waals surface area contributed by atoms with Crippen LogP contribution in [0.2, 0.25) is 5.02 Å². The summed E-state index contributed by atoms with van der Waals surface area (Å²) in [7, 11) is 0. The van der Waals surface area contributed by atoms with Crippen LogP contribution < -0.4 is 10.2 Å². The standard InChI is InChI=1S/C24H15ClN4O3/c25-15-6-3-5-14(11-15)20-13-21(28-27-20)22(30)26-16-7-4-8-17(12-16)29-23(31)18-9-1-2-10-19(18)24(29)32/h1-13H,(H,26,30)(H,27,28). The Morgan fingerprint density at radius 2 is 1.59 bits per heavy atom. The summed E-state index contributed by atoms with van der Waals surface area (Å²) in [5.41, 5.74) is 3.14. The lowest BCUT2D eigenvalue weighted by Gasteiger charge is -2.15. The first-order chi connectivity index (χ1) is 15.5. The first-order valence-electron chi connectivity index (χ1n) is 9.72. The first-order valence-corrected chi connectivity index (χ1v) is 10.1. The van der Waals surface area contributed by atoms with E-state index in [1.54, 1.807) is 72.8 Å². The number of aromatic nitrogens is 2. The van der Waals surface area contributed by atoms with E-state index in [0.29, 0.717) is 33.2 Å². The zero-order valence-corrected chi connectivity index (χ0v) is 17.3. The van der Waals surface area contributed by atoms with Crippen molar-refractivity contribution < 1.29 is 14.4 Å². The second kappa shape index (κ2) is 7.79. The molecule has 1 aliphatic rings. The van der Waals surface area contributed by atoms with E-state index in [1.807, 2.05) is 6.07 Å². The molecule has 32 heavy (non-hydrogen) atoms. The Bertz CT molecular complexity index is 1360. The van der Waals surface area contributed by atoms with Gasteiger partial charge in [-0.3, -0.25) is 19.5 Å². The molecule has 7 nitrogen and oxygen atoms in total. The number of aromatic amines is 1. The third-order valence-corrected chi connectivity index (χ3v) is 5.33. The maximum atomic E-state index is 12.7. The van der Waals surface area contributed by atoms with Gasteiger partial charge in [-0.1, -0.05) is 41.9 Å². The van der Waals surface area contributed by atoms with Crippen LogP contribution in [0.15, 0.2) is 78.9 Å². The minimum atomic E-state index is -0.412. The topological polar surface area (TPSA) is 95.2 Å². The summed E-state index contributed by atoms with van der Waals surface area (Å²) >= 11 is 6.02. The summed E-state index contributed by atoms with van der Waals surface area (Å²) in [6.07, 6.45) is 0. The van der Waals surface area contributed by atoms with Gasteiger partial charge in [0.2, 0.25) is 0 Å². The first kappa shape index (κ1) is 19.7. The van der Waals surface area contributed by atoms with Crippen LogP contribution in [0.1, 0.15) is 31.2 Å². The van der Waals surface area contributed by atoms with Crippen molar-refractivity contribution in [2.45, 2.75) is 0 Å². The summed E-state index contributed by atoms with van der Waals surface area (Å²) in [6.45, 7) is 0. The van der Waals surface area contributed by atoms with Gasteiger partial charge in [0.1, 0.15) is 5.69 Å². The molecular formula is C24H15ClN4O3. The molecule has 3 amide bonds. The highest BCUT2D eigenvalue weighted by molar-refractivity contribution is 6.34. The molecule has 0 bridgehead atoms. The van der Waals surface area contributed by atoms with E-state index in [1.165, 1.54) is 0 Å². The smallest absolute Gasteiger partial charge is 0.273 e. The minimum absolute atomic E-state index is 0.256. The van der Waals surface area contributed by atoms with Gasteiger partial charge < -0.3 is 5.32 Å². The summed E-state index contributed by atoms with van der Waals surface area (Å²) in [4.78, 5) is 39.3. The van der Waals surface area contributed by atoms with Gasteiger partial charge in [-0.2, -0.15) is 5.10 Å². The Balaban J connectivity index is 1.37. The number of carbonyl (C=O) groups is 3. The van der Waals surface area contributed by atoms with Gasteiger partial charge in [0.05, 0.1) is 22.5 Å². The van der Waals surface area contributed by atoms with Crippen molar-refractivity contribution in [1.29, 1.82) is 0 Å². The number of nitrogens with zero attached hydrogens (tertiary/aromatic N) is 2. The molecule has 8 heteroatoms. The Labute approximate surface area is 187 Å². The Morgan fingerprint density at radius 1 is 0.875 bits per heavy atom. The summed E-state index contributed by atoms with van der Waals surface area (Å²) in [5, 5.41) is 10.2. The van der Waals surface area contributed by atoms with Gasteiger partial charge in [0.25, 0.3) is 17.7 Å². The van der Waals surface area contributed by atoms with Gasteiger partial charge in [-0.25, -0.2) is 4.90 Å². The lowest BCUT2D eigenvalue weighted by atomic mass is 10.1. The molecule has 0 fully saturated rings. The number of rotatable bonds is 4. The number of hydrogen-bond acceptors (Lipinski definition) is 4. The highest BCUT2D eigenvalue weighted by atomic mass is 35.5. The van der Waals surface area contributed by atoms with Crippen LogP contribution in [0.3, 0.4) is 0 Å². The van der Waals surface area contributed by atoms with E-state index in [0.717, 1.165) is 10.5 Å². The van der Waals surface area contributed by atoms with E-state index in [4.69, 9.17) is 11.6 Å². The van der Waals surface area contributed by atoms with Crippen molar-refractivity contribution in [3.05, 3.63) is 101 Å². The number of amides is 3. The quantitative estimate of drug-likeness (QED) is 0.444. The second-order valence-corrected chi connectivity index (χ2v) is 7.61. The molecular weight excluding hydrogens is 428 g/mol. The SMILES string of the molecule is O=C(Nc1cccc(N2C(=O)c3ccccc3C2=O)c1)c1cc(-c2cccc(Cl)c2)n[nH]1. The predicted molar refractivity (Wildman–Crippen MR) is 121 cm³/mol. The molecule has 5 rings (SSSR count). The predicted octanol–water partition coefficient (Wildman–Crippen LogP) is 4.78. The third kappa shape index (κ3) is 3.44. The van der Waals surface area contributed by atoms with Gasteiger partial charge in [-0.05, 0) is 48.5 Å². The highest BCUT2D eigenvalue weighted by Gasteiger charge is 2.36. The molecule has 2 N–H and O–H groups in total.